The maximum absolute atomic E-state index is 12.5. The summed E-state index contributed by atoms with van der Waals surface area (Å²) in [6.45, 7) is 1.96. The summed E-state index contributed by atoms with van der Waals surface area (Å²) in [6, 6.07) is 10.1. The van der Waals surface area contributed by atoms with Gasteiger partial charge >= 0.3 is 0 Å². The van der Waals surface area contributed by atoms with Crippen molar-refractivity contribution in [2.24, 2.45) is 0 Å². The summed E-state index contributed by atoms with van der Waals surface area (Å²) >= 11 is 1.76. The number of hydrogen-bond donors (Lipinski definition) is 0. The topological polar surface area (TPSA) is 30.0 Å². The van der Waals surface area contributed by atoms with Crippen LogP contribution in [-0.4, -0.2) is 16.5 Å². The molecule has 1 unspecified atom stereocenters. The van der Waals surface area contributed by atoms with Crippen LogP contribution in [0.15, 0.2) is 47.6 Å². The first-order valence-corrected chi connectivity index (χ1v) is 6.92. The van der Waals surface area contributed by atoms with Crippen LogP contribution < -0.4 is 0 Å². The van der Waals surface area contributed by atoms with Crippen LogP contribution in [0.1, 0.15) is 27.4 Å². The van der Waals surface area contributed by atoms with Crippen LogP contribution in [-0.2, 0) is 0 Å². The monoisotopic (exact) mass is 255 g/mol. The molecule has 2 nitrogen and oxygen atoms in total. The summed E-state index contributed by atoms with van der Waals surface area (Å²) in [6.07, 6.45) is 3.44. The van der Waals surface area contributed by atoms with Crippen LogP contribution in [0.5, 0.6) is 0 Å². The molecule has 0 spiro atoms. The lowest BCUT2D eigenvalue weighted by Crippen LogP contribution is -2.12. The SMILES string of the molecule is Cc1cncc(C(=O)C2CSc3ccccc32)c1. The highest BCUT2D eigenvalue weighted by Crippen LogP contribution is 2.40. The van der Waals surface area contributed by atoms with Gasteiger partial charge in [0.2, 0.25) is 0 Å². The number of benzene rings is 1. The van der Waals surface area contributed by atoms with Crippen LogP contribution in [0.3, 0.4) is 0 Å². The molecule has 0 aliphatic carbocycles. The second-order valence-electron chi connectivity index (χ2n) is 4.52. The molecular weight excluding hydrogens is 242 g/mol. The average Bonchev–Trinajstić information content (AvgIpc) is 2.82. The Balaban J connectivity index is 1.96. The van der Waals surface area contributed by atoms with E-state index in [4.69, 9.17) is 0 Å². The third kappa shape index (κ3) is 1.95. The molecule has 2 heterocycles. The molecule has 0 saturated heterocycles. The molecule has 18 heavy (non-hydrogen) atoms. The highest BCUT2D eigenvalue weighted by molar-refractivity contribution is 7.99. The minimum absolute atomic E-state index is 0.0187. The fourth-order valence-electron chi connectivity index (χ4n) is 2.27. The van der Waals surface area contributed by atoms with Gasteiger partial charge in [0.15, 0.2) is 5.78 Å². The zero-order valence-corrected chi connectivity index (χ0v) is 10.9. The van der Waals surface area contributed by atoms with E-state index in [2.05, 4.69) is 17.1 Å². The number of ketones is 1. The Morgan fingerprint density at radius 2 is 2.17 bits per heavy atom. The van der Waals surface area contributed by atoms with E-state index in [9.17, 15) is 4.79 Å². The Hall–Kier alpha value is -1.61. The van der Waals surface area contributed by atoms with Gasteiger partial charge in [-0.2, -0.15) is 0 Å². The molecular formula is C15H13NOS. The Labute approximate surface area is 110 Å². The van der Waals surface area contributed by atoms with Gasteiger partial charge in [-0.15, -0.1) is 11.8 Å². The van der Waals surface area contributed by atoms with Crippen molar-refractivity contribution in [2.45, 2.75) is 17.7 Å². The number of aromatic nitrogens is 1. The first-order valence-electron chi connectivity index (χ1n) is 5.93. The summed E-state index contributed by atoms with van der Waals surface area (Å²) in [5.74, 6) is 1.00. The molecule has 0 N–H and O–H groups in total. The maximum atomic E-state index is 12.5. The fraction of sp³-hybridized carbons (Fsp3) is 0.200. The number of thioether (sulfide) groups is 1. The highest BCUT2D eigenvalue weighted by Gasteiger charge is 2.29. The van der Waals surface area contributed by atoms with E-state index >= 15 is 0 Å². The van der Waals surface area contributed by atoms with Gasteiger partial charge in [-0.3, -0.25) is 9.78 Å². The molecule has 3 rings (SSSR count). The second kappa shape index (κ2) is 4.58. The van der Waals surface area contributed by atoms with Gasteiger partial charge in [0, 0.05) is 28.6 Å². The molecule has 2 aromatic rings. The van der Waals surface area contributed by atoms with Gasteiger partial charge in [0.05, 0.1) is 5.92 Å². The molecule has 0 amide bonds. The third-order valence-corrected chi connectivity index (χ3v) is 4.36. The van der Waals surface area contributed by atoms with Crippen molar-refractivity contribution in [2.75, 3.05) is 5.75 Å². The quantitative estimate of drug-likeness (QED) is 0.770. The van der Waals surface area contributed by atoms with E-state index in [1.165, 1.54) is 4.90 Å². The first-order chi connectivity index (χ1) is 8.75. The molecule has 1 aliphatic rings. The molecule has 0 saturated carbocycles. The molecule has 90 valence electrons. The van der Waals surface area contributed by atoms with E-state index in [0.717, 1.165) is 22.4 Å². The fourth-order valence-corrected chi connectivity index (χ4v) is 3.50. The van der Waals surface area contributed by atoms with Crippen LogP contribution in [0.2, 0.25) is 0 Å². The minimum Gasteiger partial charge on any atom is -0.293 e. The number of rotatable bonds is 2. The van der Waals surface area contributed by atoms with Gasteiger partial charge in [-0.1, -0.05) is 18.2 Å². The number of pyridine rings is 1. The minimum atomic E-state index is -0.0187. The number of hydrogen-bond acceptors (Lipinski definition) is 3. The van der Waals surface area contributed by atoms with Gasteiger partial charge in [-0.25, -0.2) is 0 Å². The average molecular weight is 255 g/mol. The van der Waals surface area contributed by atoms with E-state index in [-0.39, 0.29) is 11.7 Å². The predicted molar refractivity (Wildman–Crippen MR) is 73.2 cm³/mol. The molecule has 3 heteroatoms. The van der Waals surface area contributed by atoms with Crippen LogP contribution in [0.4, 0.5) is 0 Å². The van der Waals surface area contributed by atoms with Gasteiger partial charge in [0.25, 0.3) is 0 Å². The summed E-state index contributed by atoms with van der Waals surface area (Å²) < 4.78 is 0. The van der Waals surface area contributed by atoms with Crippen molar-refractivity contribution in [3.63, 3.8) is 0 Å². The van der Waals surface area contributed by atoms with Crippen molar-refractivity contribution in [1.29, 1.82) is 0 Å². The number of carbonyl (C=O) groups excluding carboxylic acids is 1. The van der Waals surface area contributed by atoms with Crippen LogP contribution in [0.25, 0.3) is 0 Å². The number of nitrogens with zero attached hydrogens (tertiary/aromatic N) is 1. The van der Waals surface area contributed by atoms with Crippen molar-refractivity contribution in [1.82, 2.24) is 4.98 Å². The van der Waals surface area contributed by atoms with Crippen LogP contribution in [0, 0.1) is 6.92 Å². The Morgan fingerprint density at radius 1 is 1.33 bits per heavy atom. The summed E-state index contributed by atoms with van der Waals surface area (Å²) in [7, 11) is 0. The molecule has 1 aliphatic heterocycles. The largest absolute Gasteiger partial charge is 0.293 e. The summed E-state index contributed by atoms with van der Waals surface area (Å²) in [5.41, 5.74) is 2.91. The number of Topliss-reactive ketones (excluding diaryl/α,β-unsaturated/α-hetero) is 1. The third-order valence-electron chi connectivity index (χ3n) is 3.18. The van der Waals surface area contributed by atoms with Gasteiger partial charge in [0.1, 0.15) is 0 Å². The second-order valence-corrected chi connectivity index (χ2v) is 5.58. The molecule has 1 aromatic heterocycles. The lowest BCUT2D eigenvalue weighted by Gasteiger charge is -2.09. The van der Waals surface area contributed by atoms with E-state index in [1.54, 1.807) is 24.2 Å². The lowest BCUT2D eigenvalue weighted by molar-refractivity contribution is 0.0968. The maximum Gasteiger partial charge on any atom is 0.172 e. The molecule has 0 bridgehead atoms. The highest BCUT2D eigenvalue weighted by atomic mass is 32.2. The van der Waals surface area contributed by atoms with E-state index in [0.29, 0.717) is 0 Å². The zero-order chi connectivity index (χ0) is 12.5. The zero-order valence-electron chi connectivity index (χ0n) is 10.1. The summed E-state index contributed by atoms with van der Waals surface area (Å²) in [4.78, 5) is 17.8. The molecule has 1 atom stereocenters. The number of fused-ring (bicyclic) bond motifs is 1. The van der Waals surface area contributed by atoms with Gasteiger partial charge < -0.3 is 0 Å². The smallest absolute Gasteiger partial charge is 0.172 e. The van der Waals surface area contributed by atoms with Crippen LogP contribution >= 0.6 is 11.8 Å². The van der Waals surface area contributed by atoms with Crippen molar-refractivity contribution < 1.29 is 4.79 Å². The molecule has 0 radical (unpaired) electrons. The lowest BCUT2D eigenvalue weighted by atomic mass is 9.93. The Kier molecular flexibility index (Phi) is 2.92. The number of aryl methyl sites for hydroxylation is 1. The van der Waals surface area contributed by atoms with E-state index < -0.39 is 0 Å². The standard InChI is InChI=1S/C15H13NOS/c1-10-6-11(8-16-7-10)15(17)13-9-18-14-5-3-2-4-12(13)14/h2-8,13H,9H2,1H3. The van der Waals surface area contributed by atoms with Crippen molar-refractivity contribution >= 4 is 17.5 Å². The normalized spacial score (nSPS) is 17.5. The summed E-state index contributed by atoms with van der Waals surface area (Å²) in [5, 5.41) is 0. The van der Waals surface area contributed by atoms with Crippen molar-refractivity contribution in [3.8, 4) is 0 Å². The predicted octanol–water partition coefficient (Wildman–Crippen LogP) is 3.46. The Bertz CT molecular complexity index is 609. The molecule has 1 aromatic carbocycles. The first kappa shape index (κ1) is 11.5. The number of carbonyl (C=O) groups is 1. The Morgan fingerprint density at radius 3 is 3.00 bits per heavy atom. The van der Waals surface area contributed by atoms with Crippen molar-refractivity contribution in [3.05, 3.63) is 59.4 Å². The van der Waals surface area contributed by atoms with E-state index in [1.807, 2.05) is 25.1 Å². The molecule has 0 fully saturated rings. The van der Waals surface area contributed by atoms with Gasteiger partial charge in [-0.05, 0) is 30.2 Å².